The van der Waals surface area contributed by atoms with Crippen LogP contribution in [0.1, 0.15) is 31.7 Å². The van der Waals surface area contributed by atoms with Gasteiger partial charge in [-0.1, -0.05) is 25.1 Å². The van der Waals surface area contributed by atoms with Crippen molar-refractivity contribution in [3.63, 3.8) is 0 Å². The van der Waals surface area contributed by atoms with Crippen LogP contribution in [0.3, 0.4) is 0 Å². The number of para-hydroxylation sites is 1. The number of aromatic nitrogens is 1. The van der Waals surface area contributed by atoms with Gasteiger partial charge < -0.3 is 4.90 Å². The smallest absolute Gasteiger partial charge is 0.226 e. The maximum atomic E-state index is 12.5. The summed E-state index contributed by atoms with van der Waals surface area (Å²) in [6.45, 7) is 4.94. The van der Waals surface area contributed by atoms with Crippen LogP contribution in [0.15, 0.2) is 54.9 Å². The molecule has 4 nitrogen and oxygen atoms in total. The van der Waals surface area contributed by atoms with Crippen molar-refractivity contribution < 1.29 is 4.79 Å². The van der Waals surface area contributed by atoms with E-state index in [1.165, 1.54) is 5.56 Å². The van der Waals surface area contributed by atoms with Crippen molar-refractivity contribution in [3.05, 3.63) is 60.4 Å². The summed E-state index contributed by atoms with van der Waals surface area (Å²) in [5.41, 5.74) is 2.32. The van der Waals surface area contributed by atoms with Crippen molar-refractivity contribution >= 4 is 11.6 Å². The molecule has 3 rings (SSSR count). The lowest BCUT2D eigenvalue weighted by Gasteiger charge is -2.38. The minimum absolute atomic E-state index is 0.216. The van der Waals surface area contributed by atoms with Crippen molar-refractivity contribution in [1.82, 2.24) is 9.88 Å². The van der Waals surface area contributed by atoms with Crippen molar-refractivity contribution in [1.29, 1.82) is 0 Å². The average Bonchev–Trinajstić information content (AvgIpc) is 2.65. The lowest BCUT2D eigenvalue weighted by molar-refractivity contribution is -0.119. The lowest BCUT2D eigenvalue weighted by atomic mass is 10.0. The van der Waals surface area contributed by atoms with E-state index in [1.807, 2.05) is 54.5 Å². The molecule has 126 valence electrons. The first-order chi connectivity index (χ1) is 11.8. The molecule has 1 aliphatic heterocycles. The normalized spacial score (nSPS) is 16.0. The first-order valence-corrected chi connectivity index (χ1v) is 8.76. The molecule has 24 heavy (non-hydrogen) atoms. The van der Waals surface area contributed by atoms with E-state index in [0.29, 0.717) is 12.5 Å². The maximum Gasteiger partial charge on any atom is 0.226 e. The summed E-state index contributed by atoms with van der Waals surface area (Å²) in [5, 5.41) is 0. The molecule has 0 spiro atoms. The zero-order valence-corrected chi connectivity index (χ0v) is 14.3. The largest absolute Gasteiger partial charge is 0.309 e. The molecule has 2 heterocycles. The van der Waals surface area contributed by atoms with E-state index in [9.17, 15) is 4.79 Å². The number of anilines is 1. The molecular weight excluding hydrogens is 298 g/mol. The van der Waals surface area contributed by atoms with E-state index in [-0.39, 0.29) is 5.91 Å². The molecule has 1 aromatic heterocycles. The third kappa shape index (κ3) is 4.01. The molecule has 0 saturated carbocycles. The number of nitrogens with zero attached hydrogens (tertiary/aromatic N) is 3. The van der Waals surface area contributed by atoms with Crippen LogP contribution in [0.2, 0.25) is 0 Å². The molecular formula is C20H25N3O. The van der Waals surface area contributed by atoms with Gasteiger partial charge in [-0.3, -0.25) is 14.7 Å². The minimum atomic E-state index is 0.216. The Morgan fingerprint density at radius 2 is 1.79 bits per heavy atom. The Morgan fingerprint density at radius 1 is 1.12 bits per heavy atom. The number of rotatable bonds is 5. The first kappa shape index (κ1) is 16.7. The van der Waals surface area contributed by atoms with Crippen LogP contribution in [0, 0.1) is 0 Å². The summed E-state index contributed by atoms with van der Waals surface area (Å²) in [7, 11) is 0. The molecule has 1 aromatic carbocycles. The van der Waals surface area contributed by atoms with Gasteiger partial charge in [-0.2, -0.15) is 0 Å². The molecule has 0 radical (unpaired) electrons. The van der Waals surface area contributed by atoms with E-state index in [0.717, 1.165) is 38.2 Å². The van der Waals surface area contributed by atoms with Gasteiger partial charge in [0.15, 0.2) is 0 Å². The average molecular weight is 323 g/mol. The summed E-state index contributed by atoms with van der Waals surface area (Å²) in [6.07, 6.45) is 6.28. The van der Waals surface area contributed by atoms with Gasteiger partial charge in [0, 0.05) is 50.2 Å². The highest BCUT2D eigenvalue weighted by atomic mass is 16.2. The zero-order chi connectivity index (χ0) is 16.8. The predicted octanol–water partition coefficient (Wildman–Crippen LogP) is 3.49. The van der Waals surface area contributed by atoms with Crippen LogP contribution in [0.5, 0.6) is 0 Å². The van der Waals surface area contributed by atoms with Gasteiger partial charge in [-0.15, -0.1) is 0 Å². The van der Waals surface area contributed by atoms with E-state index < -0.39 is 0 Å². The molecule has 4 heteroatoms. The number of hydrogen-bond donors (Lipinski definition) is 0. The fourth-order valence-corrected chi connectivity index (χ4v) is 3.40. The molecule has 0 N–H and O–H groups in total. The maximum absolute atomic E-state index is 12.5. The van der Waals surface area contributed by atoms with Crippen LogP contribution in [0.4, 0.5) is 5.69 Å². The quantitative estimate of drug-likeness (QED) is 0.845. The molecule has 1 fully saturated rings. The zero-order valence-electron chi connectivity index (χ0n) is 14.3. The van der Waals surface area contributed by atoms with Crippen LogP contribution in [-0.4, -0.2) is 34.9 Å². The summed E-state index contributed by atoms with van der Waals surface area (Å²) >= 11 is 0. The number of amides is 1. The molecule has 1 saturated heterocycles. The number of benzene rings is 1. The van der Waals surface area contributed by atoms with Crippen LogP contribution < -0.4 is 4.90 Å². The van der Waals surface area contributed by atoms with Gasteiger partial charge in [-0.05, 0) is 42.7 Å². The Balaban J connectivity index is 1.64. The second-order valence-electron chi connectivity index (χ2n) is 6.32. The number of piperidine rings is 1. The van der Waals surface area contributed by atoms with E-state index >= 15 is 0 Å². The molecule has 0 aliphatic carbocycles. The highest BCUT2D eigenvalue weighted by Crippen LogP contribution is 2.25. The summed E-state index contributed by atoms with van der Waals surface area (Å²) in [6, 6.07) is 14.5. The fraction of sp³-hybridized carbons (Fsp3) is 0.400. The third-order valence-electron chi connectivity index (χ3n) is 4.68. The second-order valence-corrected chi connectivity index (χ2v) is 6.32. The van der Waals surface area contributed by atoms with E-state index in [2.05, 4.69) is 22.0 Å². The Bertz CT molecular complexity index is 636. The summed E-state index contributed by atoms with van der Waals surface area (Å²) < 4.78 is 0. The minimum Gasteiger partial charge on any atom is -0.309 e. The highest BCUT2D eigenvalue weighted by Gasteiger charge is 2.28. The standard InChI is InChI=1S/C20H25N3O/c1-2-20(24)23(18-6-4-3-5-7-18)19-10-14-22(15-11-19)16-17-8-12-21-13-9-17/h3-9,12-13,19H,2,10-11,14-16H2,1H3. The fourth-order valence-electron chi connectivity index (χ4n) is 3.40. The number of pyridine rings is 1. The van der Waals surface area contributed by atoms with E-state index in [1.54, 1.807) is 0 Å². The van der Waals surface area contributed by atoms with Gasteiger partial charge >= 0.3 is 0 Å². The van der Waals surface area contributed by atoms with Gasteiger partial charge in [-0.25, -0.2) is 0 Å². The van der Waals surface area contributed by atoms with Gasteiger partial charge in [0.2, 0.25) is 5.91 Å². The third-order valence-corrected chi connectivity index (χ3v) is 4.68. The topological polar surface area (TPSA) is 36.4 Å². The number of likely N-dealkylation sites (tertiary alicyclic amines) is 1. The van der Waals surface area contributed by atoms with Crippen molar-refractivity contribution in [3.8, 4) is 0 Å². The SMILES string of the molecule is CCC(=O)N(c1ccccc1)C1CCN(Cc2ccncc2)CC1. The van der Waals surface area contributed by atoms with Gasteiger partial charge in [0.05, 0.1) is 0 Å². The molecule has 0 unspecified atom stereocenters. The Kier molecular flexibility index (Phi) is 5.59. The summed E-state index contributed by atoms with van der Waals surface area (Å²) in [4.78, 5) is 21.0. The monoisotopic (exact) mass is 323 g/mol. The molecule has 2 aromatic rings. The van der Waals surface area contributed by atoms with E-state index in [4.69, 9.17) is 0 Å². The van der Waals surface area contributed by atoms with Crippen LogP contribution in [0.25, 0.3) is 0 Å². The Morgan fingerprint density at radius 3 is 2.42 bits per heavy atom. The van der Waals surface area contributed by atoms with Crippen molar-refractivity contribution in [2.45, 2.75) is 38.8 Å². The number of hydrogen-bond acceptors (Lipinski definition) is 3. The van der Waals surface area contributed by atoms with Gasteiger partial charge in [0.1, 0.15) is 0 Å². The highest BCUT2D eigenvalue weighted by molar-refractivity contribution is 5.93. The van der Waals surface area contributed by atoms with Crippen molar-refractivity contribution in [2.75, 3.05) is 18.0 Å². The van der Waals surface area contributed by atoms with Crippen LogP contribution in [-0.2, 0) is 11.3 Å². The Labute approximate surface area is 144 Å². The molecule has 1 aliphatic rings. The number of carbonyl (C=O) groups excluding carboxylic acids is 1. The molecule has 0 atom stereocenters. The predicted molar refractivity (Wildman–Crippen MR) is 96.8 cm³/mol. The lowest BCUT2D eigenvalue weighted by Crippen LogP contribution is -2.47. The second kappa shape index (κ2) is 8.06. The van der Waals surface area contributed by atoms with Crippen LogP contribution >= 0.6 is 0 Å². The summed E-state index contributed by atoms with van der Waals surface area (Å²) in [5.74, 6) is 0.216. The first-order valence-electron chi connectivity index (χ1n) is 8.76. The van der Waals surface area contributed by atoms with Gasteiger partial charge in [0.25, 0.3) is 0 Å². The number of carbonyl (C=O) groups is 1. The molecule has 0 bridgehead atoms. The van der Waals surface area contributed by atoms with Crippen molar-refractivity contribution in [2.24, 2.45) is 0 Å². The Hall–Kier alpha value is -2.20. The molecule has 1 amide bonds.